The number of hydrogen-bond acceptors (Lipinski definition) is 6. The second kappa shape index (κ2) is 7.65. The molecule has 3 heterocycles. The van der Waals surface area contributed by atoms with Crippen molar-refractivity contribution in [3.63, 3.8) is 0 Å². The second-order valence-electron chi connectivity index (χ2n) is 7.46. The standard InChI is InChI=1S/C22H21ClN4O3/c1-26-7-4-8-27(22-21(26)24-16-5-2-3-6-17(16)25-22)19(28)13-14-11-15(23)20-18(12-14)29-9-10-30-20/h2-3,5-6,11-12H,4,7-10,13H2,1H3. The van der Waals surface area contributed by atoms with Gasteiger partial charge < -0.3 is 14.4 Å². The summed E-state index contributed by atoms with van der Waals surface area (Å²) in [5.41, 5.74) is 2.37. The lowest BCUT2D eigenvalue weighted by atomic mass is 10.1. The summed E-state index contributed by atoms with van der Waals surface area (Å²) in [7, 11) is 1.98. The first-order valence-corrected chi connectivity index (χ1v) is 10.3. The van der Waals surface area contributed by atoms with Crippen molar-refractivity contribution in [1.29, 1.82) is 0 Å². The number of nitrogens with zero attached hydrogens (tertiary/aromatic N) is 4. The largest absolute Gasteiger partial charge is 0.486 e. The third-order valence-corrected chi connectivity index (χ3v) is 5.62. The van der Waals surface area contributed by atoms with E-state index in [4.69, 9.17) is 31.0 Å². The molecule has 0 spiro atoms. The summed E-state index contributed by atoms with van der Waals surface area (Å²) in [5.74, 6) is 2.39. The Bertz CT molecular complexity index is 1140. The predicted octanol–water partition coefficient (Wildman–Crippen LogP) is 3.47. The number of hydrogen-bond donors (Lipinski definition) is 0. The highest BCUT2D eigenvalue weighted by Gasteiger charge is 2.27. The zero-order valence-corrected chi connectivity index (χ0v) is 17.4. The molecule has 1 amide bonds. The monoisotopic (exact) mass is 424 g/mol. The fourth-order valence-corrected chi connectivity index (χ4v) is 4.16. The second-order valence-corrected chi connectivity index (χ2v) is 7.87. The van der Waals surface area contributed by atoms with Gasteiger partial charge in [0, 0.05) is 20.1 Å². The van der Waals surface area contributed by atoms with E-state index in [0.29, 0.717) is 42.1 Å². The van der Waals surface area contributed by atoms with Crippen molar-refractivity contribution in [2.75, 3.05) is 43.2 Å². The third-order valence-electron chi connectivity index (χ3n) is 5.34. The van der Waals surface area contributed by atoms with Crippen LogP contribution in [0.2, 0.25) is 5.02 Å². The van der Waals surface area contributed by atoms with Gasteiger partial charge in [0.05, 0.1) is 22.5 Å². The summed E-state index contributed by atoms with van der Waals surface area (Å²) in [6, 6.07) is 11.3. The van der Waals surface area contributed by atoms with Gasteiger partial charge >= 0.3 is 0 Å². The van der Waals surface area contributed by atoms with Gasteiger partial charge in [-0.05, 0) is 36.2 Å². The maximum Gasteiger partial charge on any atom is 0.232 e. The number of fused-ring (bicyclic) bond motifs is 3. The number of halogens is 1. The van der Waals surface area contributed by atoms with Crippen molar-refractivity contribution in [3.8, 4) is 11.5 Å². The number of ether oxygens (including phenoxy) is 2. The molecule has 1 aromatic heterocycles. The van der Waals surface area contributed by atoms with E-state index in [0.717, 1.165) is 35.4 Å². The highest BCUT2D eigenvalue weighted by molar-refractivity contribution is 6.32. The predicted molar refractivity (Wildman–Crippen MR) is 116 cm³/mol. The summed E-state index contributed by atoms with van der Waals surface area (Å²) in [6.45, 7) is 2.33. The van der Waals surface area contributed by atoms with E-state index in [2.05, 4.69) is 4.90 Å². The molecule has 0 saturated carbocycles. The van der Waals surface area contributed by atoms with Gasteiger partial charge in [-0.1, -0.05) is 23.7 Å². The molecule has 0 radical (unpaired) electrons. The van der Waals surface area contributed by atoms with E-state index in [-0.39, 0.29) is 12.3 Å². The molecular weight excluding hydrogens is 404 g/mol. The molecule has 0 bridgehead atoms. The Morgan fingerprint density at radius 3 is 2.60 bits per heavy atom. The van der Waals surface area contributed by atoms with E-state index in [9.17, 15) is 4.79 Å². The fourth-order valence-electron chi connectivity index (χ4n) is 3.88. The van der Waals surface area contributed by atoms with Crippen molar-refractivity contribution in [2.45, 2.75) is 12.8 Å². The van der Waals surface area contributed by atoms with Gasteiger partial charge in [-0.3, -0.25) is 9.69 Å². The van der Waals surface area contributed by atoms with Crippen LogP contribution in [0.3, 0.4) is 0 Å². The molecule has 0 atom stereocenters. The molecule has 0 unspecified atom stereocenters. The van der Waals surface area contributed by atoms with Gasteiger partial charge in [0.2, 0.25) is 5.91 Å². The zero-order valence-electron chi connectivity index (χ0n) is 16.6. The van der Waals surface area contributed by atoms with Gasteiger partial charge in [0.1, 0.15) is 13.2 Å². The van der Waals surface area contributed by atoms with Crippen LogP contribution >= 0.6 is 11.6 Å². The molecule has 2 aliphatic rings. The Kier molecular flexibility index (Phi) is 4.83. The van der Waals surface area contributed by atoms with Crippen LogP contribution in [0.15, 0.2) is 36.4 Å². The van der Waals surface area contributed by atoms with Crippen molar-refractivity contribution in [2.24, 2.45) is 0 Å². The molecule has 0 fully saturated rings. The van der Waals surface area contributed by atoms with E-state index < -0.39 is 0 Å². The van der Waals surface area contributed by atoms with Gasteiger partial charge in [-0.15, -0.1) is 0 Å². The van der Waals surface area contributed by atoms with E-state index in [1.54, 1.807) is 11.0 Å². The average molecular weight is 425 g/mol. The number of amides is 1. The Morgan fingerprint density at radius 1 is 1.07 bits per heavy atom. The molecule has 7 nitrogen and oxygen atoms in total. The number of rotatable bonds is 2. The minimum absolute atomic E-state index is 0.0520. The molecule has 0 saturated heterocycles. The van der Waals surface area contributed by atoms with Crippen LogP contribution in [0.1, 0.15) is 12.0 Å². The zero-order chi connectivity index (χ0) is 20.7. The first-order valence-electron chi connectivity index (χ1n) is 9.96. The van der Waals surface area contributed by atoms with Gasteiger partial charge in [-0.25, -0.2) is 9.97 Å². The Labute approximate surface area is 179 Å². The Morgan fingerprint density at radius 2 is 1.80 bits per heavy atom. The van der Waals surface area contributed by atoms with Crippen LogP contribution in [0, 0.1) is 0 Å². The molecule has 8 heteroatoms. The Hall–Kier alpha value is -3.06. The molecule has 2 aromatic carbocycles. The molecule has 30 heavy (non-hydrogen) atoms. The molecule has 0 N–H and O–H groups in total. The van der Waals surface area contributed by atoms with Crippen LogP contribution in [0.25, 0.3) is 11.0 Å². The first kappa shape index (κ1) is 18.9. The molecule has 3 aromatic rings. The maximum atomic E-state index is 13.3. The number of carbonyl (C=O) groups is 1. The topological polar surface area (TPSA) is 67.8 Å². The summed E-state index contributed by atoms with van der Waals surface area (Å²) >= 11 is 6.35. The lowest BCUT2D eigenvalue weighted by molar-refractivity contribution is -0.118. The fraction of sp³-hybridized carbons (Fsp3) is 0.318. The van der Waals surface area contributed by atoms with Gasteiger partial charge in [-0.2, -0.15) is 0 Å². The summed E-state index contributed by atoms with van der Waals surface area (Å²) in [4.78, 5) is 26.7. The molecule has 0 aliphatic carbocycles. The summed E-state index contributed by atoms with van der Waals surface area (Å²) < 4.78 is 11.2. The summed E-state index contributed by atoms with van der Waals surface area (Å²) in [5, 5.41) is 0.455. The minimum Gasteiger partial charge on any atom is -0.486 e. The number of carbonyl (C=O) groups excluding carboxylic acids is 1. The van der Waals surface area contributed by atoms with Crippen molar-refractivity contribution in [1.82, 2.24) is 9.97 Å². The smallest absolute Gasteiger partial charge is 0.232 e. The lowest BCUT2D eigenvalue weighted by Gasteiger charge is -2.24. The van der Waals surface area contributed by atoms with Crippen molar-refractivity contribution < 1.29 is 14.3 Å². The number of benzene rings is 2. The molecule has 5 rings (SSSR count). The quantitative estimate of drug-likeness (QED) is 0.627. The van der Waals surface area contributed by atoms with E-state index in [1.807, 2.05) is 37.4 Å². The number of aromatic nitrogens is 2. The maximum absolute atomic E-state index is 13.3. The SMILES string of the molecule is CN1CCCN(C(=O)Cc2cc(Cl)c3c(c2)OCCO3)c2nc3ccccc3nc21. The van der Waals surface area contributed by atoms with Crippen LogP contribution in [-0.2, 0) is 11.2 Å². The summed E-state index contributed by atoms with van der Waals surface area (Å²) in [6.07, 6.45) is 1.02. The van der Waals surface area contributed by atoms with Crippen LogP contribution < -0.4 is 19.3 Å². The average Bonchev–Trinajstić information content (AvgIpc) is 2.91. The highest BCUT2D eigenvalue weighted by atomic mass is 35.5. The van der Waals surface area contributed by atoms with E-state index >= 15 is 0 Å². The molecule has 2 aliphatic heterocycles. The number of anilines is 2. The molecular formula is C22H21ClN4O3. The number of para-hydroxylation sites is 2. The van der Waals surface area contributed by atoms with Gasteiger partial charge in [0.15, 0.2) is 23.1 Å². The Balaban J connectivity index is 1.50. The minimum atomic E-state index is -0.0520. The first-order chi connectivity index (χ1) is 14.6. The van der Waals surface area contributed by atoms with Crippen LogP contribution in [0.5, 0.6) is 11.5 Å². The van der Waals surface area contributed by atoms with Gasteiger partial charge in [0.25, 0.3) is 0 Å². The third kappa shape index (κ3) is 3.39. The normalized spacial score (nSPS) is 15.7. The molecule has 154 valence electrons. The lowest BCUT2D eigenvalue weighted by Crippen LogP contribution is -2.33. The van der Waals surface area contributed by atoms with Crippen molar-refractivity contribution >= 4 is 40.2 Å². The highest BCUT2D eigenvalue weighted by Crippen LogP contribution is 2.39. The van der Waals surface area contributed by atoms with Crippen LogP contribution in [-0.4, -0.2) is 49.2 Å². The van der Waals surface area contributed by atoms with Crippen molar-refractivity contribution in [3.05, 3.63) is 47.0 Å². The van der Waals surface area contributed by atoms with Crippen LogP contribution in [0.4, 0.5) is 11.6 Å². The van der Waals surface area contributed by atoms with E-state index in [1.165, 1.54) is 0 Å².